The minimum atomic E-state index is 0.687. The molecule has 0 bridgehead atoms. The molecule has 0 amide bonds. The first-order valence-electron chi connectivity index (χ1n) is 14.4. The van der Waals surface area contributed by atoms with Gasteiger partial charge in [-0.25, -0.2) is 9.97 Å². The molecule has 0 unspecified atom stereocenters. The third kappa shape index (κ3) is 3.69. The van der Waals surface area contributed by atoms with Gasteiger partial charge in [0.1, 0.15) is 0 Å². The van der Waals surface area contributed by atoms with Crippen molar-refractivity contribution in [2.75, 3.05) is 0 Å². The fourth-order valence-corrected chi connectivity index (χ4v) is 7.38. The molecule has 9 rings (SSSR count). The quantitative estimate of drug-likeness (QED) is 0.212. The van der Waals surface area contributed by atoms with Crippen LogP contribution in [0.5, 0.6) is 0 Å². The van der Waals surface area contributed by atoms with Gasteiger partial charge in [-0.3, -0.25) is 4.57 Å². The second kappa shape index (κ2) is 9.86. The van der Waals surface area contributed by atoms with Crippen molar-refractivity contribution in [2.45, 2.75) is 23.6 Å². The first-order valence-corrected chi connectivity index (χ1v) is 15.2. The summed E-state index contributed by atoms with van der Waals surface area (Å²) < 4.78 is 2.24. The van der Waals surface area contributed by atoms with Gasteiger partial charge in [0.2, 0.25) is 5.95 Å². The maximum Gasteiger partial charge on any atom is 0.235 e. The zero-order valence-corrected chi connectivity index (χ0v) is 24.2. The third-order valence-electron chi connectivity index (χ3n) is 7.99. The van der Waals surface area contributed by atoms with Gasteiger partial charge in [0.15, 0.2) is 0 Å². The Morgan fingerprint density at radius 3 is 2.14 bits per heavy atom. The molecule has 3 nitrogen and oxygen atoms in total. The Kier molecular flexibility index (Phi) is 5.83. The van der Waals surface area contributed by atoms with E-state index in [0.29, 0.717) is 5.95 Å². The highest BCUT2D eigenvalue weighted by molar-refractivity contribution is 7.99. The Morgan fingerprint density at radius 1 is 0.548 bits per heavy atom. The molecule has 0 saturated carbocycles. The van der Waals surface area contributed by atoms with Crippen LogP contribution in [0.25, 0.3) is 71.8 Å². The number of aromatic nitrogens is 3. The standard InChI is InChI=1S/C36H21N3S.C2H6/c1-2-10-23(11-3-1)35-26-15-4-6-17-29(26)37-36(38-35)39-30-18-7-5-14-24(30)27-20-28-25-16-8-12-22-13-9-19-32(34(22)25)40-33(28)21-31(27)39;1-2/h1-21H;1-2H3. The second-order valence-electron chi connectivity index (χ2n) is 10.2. The minimum absolute atomic E-state index is 0.687. The lowest BCUT2D eigenvalue weighted by molar-refractivity contribution is 1.01. The number of nitrogens with zero attached hydrogens (tertiary/aromatic N) is 3. The van der Waals surface area contributed by atoms with Crippen LogP contribution in [0.1, 0.15) is 13.8 Å². The molecule has 0 N–H and O–H groups in total. The van der Waals surface area contributed by atoms with Gasteiger partial charge in [-0.15, -0.1) is 0 Å². The van der Waals surface area contributed by atoms with Crippen molar-refractivity contribution in [3.63, 3.8) is 0 Å². The molecular formula is C38H27N3S. The van der Waals surface area contributed by atoms with Gasteiger partial charge in [0, 0.05) is 36.9 Å². The Bertz CT molecular complexity index is 2300. The van der Waals surface area contributed by atoms with Crippen LogP contribution < -0.4 is 0 Å². The molecule has 6 aromatic carbocycles. The molecule has 0 aliphatic carbocycles. The minimum Gasteiger partial charge on any atom is -0.278 e. The van der Waals surface area contributed by atoms with Crippen molar-refractivity contribution in [1.29, 1.82) is 0 Å². The van der Waals surface area contributed by atoms with Crippen LogP contribution in [0.4, 0.5) is 0 Å². The van der Waals surface area contributed by atoms with E-state index in [0.717, 1.165) is 33.2 Å². The Balaban J connectivity index is 0.00000131. The smallest absolute Gasteiger partial charge is 0.235 e. The molecule has 42 heavy (non-hydrogen) atoms. The lowest BCUT2D eigenvalue weighted by Gasteiger charge is -2.20. The van der Waals surface area contributed by atoms with E-state index >= 15 is 0 Å². The van der Waals surface area contributed by atoms with Crippen LogP contribution >= 0.6 is 11.8 Å². The summed E-state index contributed by atoms with van der Waals surface area (Å²) in [5, 5.41) is 6.10. The topological polar surface area (TPSA) is 30.7 Å². The summed E-state index contributed by atoms with van der Waals surface area (Å²) in [6.45, 7) is 4.00. The average molecular weight is 558 g/mol. The van der Waals surface area contributed by atoms with Gasteiger partial charge < -0.3 is 0 Å². The molecule has 0 atom stereocenters. The van der Waals surface area contributed by atoms with Gasteiger partial charge >= 0.3 is 0 Å². The normalized spacial score (nSPS) is 12.0. The summed E-state index contributed by atoms with van der Waals surface area (Å²) >= 11 is 1.85. The predicted molar refractivity (Wildman–Crippen MR) is 178 cm³/mol. The van der Waals surface area contributed by atoms with Crippen molar-refractivity contribution in [3.05, 3.63) is 127 Å². The molecule has 3 heterocycles. The van der Waals surface area contributed by atoms with E-state index in [2.05, 4.69) is 120 Å². The molecule has 200 valence electrons. The molecule has 1 aliphatic rings. The van der Waals surface area contributed by atoms with Gasteiger partial charge in [-0.2, -0.15) is 0 Å². The number of rotatable bonds is 2. The van der Waals surface area contributed by atoms with E-state index in [1.807, 2.05) is 37.7 Å². The summed E-state index contributed by atoms with van der Waals surface area (Å²) in [5.41, 5.74) is 7.78. The first-order chi connectivity index (χ1) is 20.8. The summed E-state index contributed by atoms with van der Waals surface area (Å²) in [5.74, 6) is 0.687. The SMILES string of the molecule is CC.c1ccc(-c2nc(-n3c4ccccc4c4cc5c(cc43)Sc3cccc4cccc-5c34)nc3ccccc23)cc1. The van der Waals surface area contributed by atoms with Crippen molar-refractivity contribution >= 4 is 55.2 Å². The Labute approximate surface area is 248 Å². The third-order valence-corrected chi connectivity index (χ3v) is 9.11. The average Bonchev–Trinajstić information content (AvgIpc) is 3.38. The van der Waals surface area contributed by atoms with Gasteiger partial charge in [-0.05, 0) is 46.8 Å². The van der Waals surface area contributed by atoms with Crippen LogP contribution in [-0.4, -0.2) is 14.5 Å². The van der Waals surface area contributed by atoms with Crippen LogP contribution in [0, 0.1) is 0 Å². The van der Waals surface area contributed by atoms with E-state index < -0.39 is 0 Å². The summed E-state index contributed by atoms with van der Waals surface area (Å²) in [6.07, 6.45) is 0. The van der Waals surface area contributed by atoms with Crippen molar-refractivity contribution in [1.82, 2.24) is 14.5 Å². The van der Waals surface area contributed by atoms with Crippen LogP contribution in [0.15, 0.2) is 137 Å². The van der Waals surface area contributed by atoms with Crippen LogP contribution in [0.3, 0.4) is 0 Å². The highest BCUT2D eigenvalue weighted by atomic mass is 32.2. The molecule has 4 heteroatoms. The maximum atomic E-state index is 5.24. The molecular weight excluding hydrogens is 531 g/mol. The highest BCUT2D eigenvalue weighted by Gasteiger charge is 2.23. The zero-order chi connectivity index (χ0) is 28.2. The Morgan fingerprint density at radius 2 is 1.29 bits per heavy atom. The van der Waals surface area contributed by atoms with Crippen LogP contribution in [0.2, 0.25) is 0 Å². The lowest BCUT2D eigenvalue weighted by atomic mass is 9.96. The highest BCUT2D eigenvalue weighted by Crippen LogP contribution is 2.50. The summed E-state index contributed by atoms with van der Waals surface area (Å²) in [7, 11) is 0. The number of benzene rings is 6. The summed E-state index contributed by atoms with van der Waals surface area (Å²) in [6, 6.07) is 45.3. The molecule has 0 fully saturated rings. The first kappa shape index (κ1) is 24.8. The number of fused-ring (bicyclic) bond motifs is 6. The Hall–Kier alpha value is -4.93. The van der Waals surface area contributed by atoms with Crippen molar-refractivity contribution < 1.29 is 0 Å². The van der Waals surface area contributed by atoms with E-state index in [4.69, 9.17) is 9.97 Å². The lowest BCUT2D eigenvalue weighted by Crippen LogP contribution is -2.03. The number of hydrogen-bond donors (Lipinski definition) is 0. The van der Waals surface area contributed by atoms with Gasteiger partial charge in [0.05, 0.1) is 22.2 Å². The van der Waals surface area contributed by atoms with E-state index in [1.54, 1.807) is 0 Å². The van der Waals surface area contributed by atoms with Crippen molar-refractivity contribution in [3.8, 4) is 28.3 Å². The molecule has 0 spiro atoms. The molecule has 1 aliphatic heterocycles. The number of hydrogen-bond acceptors (Lipinski definition) is 3. The van der Waals surface area contributed by atoms with Gasteiger partial charge in [0.25, 0.3) is 0 Å². The van der Waals surface area contributed by atoms with E-state index in [1.165, 1.54) is 42.5 Å². The fourth-order valence-electron chi connectivity index (χ4n) is 6.22. The molecule has 0 radical (unpaired) electrons. The van der Waals surface area contributed by atoms with Crippen LogP contribution in [-0.2, 0) is 0 Å². The van der Waals surface area contributed by atoms with E-state index in [-0.39, 0.29) is 0 Å². The summed E-state index contributed by atoms with van der Waals surface area (Å²) in [4.78, 5) is 12.9. The molecule has 0 saturated heterocycles. The number of para-hydroxylation sites is 2. The van der Waals surface area contributed by atoms with E-state index in [9.17, 15) is 0 Å². The largest absolute Gasteiger partial charge is 0.278 e. The maximum absolute atomic E-state index is 5.24. The van der Waals surface area contributed by atoms with Crippen molar-refractivity contribution in [2.24, 2.45) is 0 Å². The second-order valence-corrected chi connectivity index (χ2v) is 11.3. The molecule has 2 aromatic heterocycles. The fraction of sp³-hybridized carbons (Fsp3) is 0.0526. The monoisotopic (exact) mass is 557 g/mol. The van der Waals surface area contributed by atoms with Gasteiger partial charge in [-0.1, -0.05) is 123 Å². The predicted octanol–water partition coefficient (Wildman–Crippen LogP) is 10.7. The zero-order valence-electron chi connectivity index (χ0n) is 23.4. The molecule has 8 aromatic rings.